The summed E-state index contributed by atoms with van der Waals surface area (Å²) in [6.07, 6.45) is 0.320. The van der Waals surface area contributed by atoms with Gasteiger partial charge < -0.3 is 15.2 Å². The molecule has 2 atom stereocenters. The first-order valence-corrected chi connectivity index (χ1v) is 10.4. The number of hydrogen-bond donors (Lipinski definition) is 2. The molecule has 4 heteroatoms. The van der Waals surface area contributed by atoms with Crippen molar-refractivity contribution in [2.75, 3.05) is 13.2 Å². The summed E-state index contributed by atoms with van der Waals surface area (Å²) in [6, 6.07) is 23.4. The van der Waals surface area contributed by atoms with E-state index in [4.69, 9.17) is 4.74 Å². The van der Waals surface area contributed by atoms with Gasteiger partial charge in [0.1, 0.15) is 0 Å². The zero-order valence-corrected chi connectivity index (χ0v) is 19.2. The van der Waals surface area contributed by atoms with Crippen molar-refractivity contribution in [3.8, 4) is 0 Å². The minimum atomic E-state index is -0.543. The zero-order valence-electron chi connectivity index (χ0n) is 18.4. The fourth-order valence-corrected chi connectivity index (χ4v) is 3.56. The van der Waals surface area contributed by atoms with Crippen LogP contribution >= 0.6 is 12.4 Å². The van der Waals surface area contributed by atoms with Gasteiger partial charge in [-0.05, 0) is 56.0 Å². The molecule has 30 heavy (non-hydrogen) atoms. The number of benzene rings is 3. The van der Waals surface area contributed by atoms with Crippen LogP contribution in [0.3, 0.4) is 0 Å². The highest BCUT2D eigenvalue weighted by Gasteiger charge is 2.20. The molecule has 0 amide bonds. The van der Waals surface area contributed by atoms with Gasteiger partial charge in [-0.1, -0.05) is 72.3 Å². The monoisotopic (exact) mass is 427 g/mol. The van der Waals surface area contributed by atoms with Gasteiger partial charge in [0, 0.05) is 12.1 Å². The van der Waals surface area contributed by atoms with E-state index < -0.39 is 6.10 Å². The summed E-state index contributed by atoms with van der Waals surface area (Å²) in [5.41, 5.74) is 3.54. The molecule has 0 bridgehead atoms. The summed E-state index contributed by atoms with van der Waals surface area (Å²) in [5, 5.41) is 16.4. The fourth-order valence-electron chi connectivity index (χ4n) is 3.56. The molecular weight excluding hydrogens is 394 g/mol. The normalized spacial score (nSPS) is 13.6. The topological polar surface area (TPSA) is 41.5 Å². The van der Waals surface area contributed by atoms with Crippen LogP contribution in [-0.4, -0.2) is 29.9 Å². The maximum Gasteiger partial charge on any atom is 0.0898 e. The van der Waals surface area contributed by atoms with Crippen molar-refractivity contribution in [1.29, 1.82) is 0 Å². The highest BCUT2D eigenvalue weighted by atomic mass is 35.5. The van der Waals surface area contributed by atoms with Crippen LogP contribution < -0.4 is 5.32 Å². The van der Waals surface area contributed by atoms with Gasteiger partial charge in [-0.3, -0.25) is 0 Å². The lowest BCUT2D eigenvalue weighted by Gasteiger charge is -2.28. The average Bonchev–Trinajstić information content (AvgIpc) is 2.70. The first-order chi connectivity index (χ1) is 13.8. The molecule has 3 aromatic carbocycles. The first kappa shape index (κ1) is 24.4. The summed E-state index contributed by atoms with van der Waals surface area (Å²) in [4.78, 5) is 0. The number of aliphatic hydroxyl groups is 1. The third-order valence-electron chi connectivity index (χ3n) is 5.36. The summed E-state index contributed by atoms with van der Waals surface area (Å²) >= 11 is 0. The second-order valence-corrected chi connectivity index (χ2v) is 8.66. The molecule has 3 rings (SSSR count). The number of halogens is 1. The molecule has 2 N–H and O–H groups in total. The number of nitrogens with one attached hydrogen (secondary N) is 1. The minimum Gasteiger partial charge on any atom is -0.389 e. The van der Waals surface area contributed by atoms with Gasteiger partial charge >= 0.3 is 0 Å². The Morgan fingerprint density at radius 2 is 1.63 bits per heavy atom. The molecule has 0 aliphatic rings. The Bertz CT molecular complexity index is 924. The van der Waals surface area contributed by atoms with E-state index in [1.54, 1.807) is 0 Å². The van der Waals surface area contributed by atoms with Crippen LogP contribution in [0, 0.1) is 6.92 Å². The van der Waals surface area contributed by atoms with Crippen molar-refractivity contribution in [1.82, 2.24) is 5.32 Å². The van der Waals surface area contributed by atoms with E-state index in [9.17, 15) is 5.11 Å². The molecular formula is C26H34ClNO2. The lowest BCUT2D eigenvalue weighted by atomic mass is 9.93. The molecule has 3 nitrogen and oxygen atoms in total. The number of aryl methyl sites for hydroxylation is 1. The number of rotatable bonds is 9. The average molecular weight is 428 g/mol. The van der Waals surface area contributed by atoms with Crippen LogP contribution in [0.1, 0.15) is 43.6 Å². The van der Waals surface area contributed by atoms with Crippen molar-refractivity contribution in [3.05, 3.63) is 83.4 Å². The number of fused-ring (bicyclic) bond motifs is 1. The van der Waals surface area contributed by atoms with Crippen LogP contribution in [0.5, 0.6) is 0 Å². The maximum atomic E-state index is 10.4. The summed E-state index contributed by atoms with van der Waals surface area (Å²) in [5.74, 6) is 0. The SMILES string of the molecule is Cc1ccc(C(C)OC[C@H](O)CNC(C)(C)Cc2ccc3ccccc3c2)cc1.Cl. The van der Waals surface area contributed by atoms with E-state index in [0.717, 1.165) is 12.0 Å². The number of β-amino-alcohol motifs (C(OH)–C–C–N with tert-alkyl or cyclic N) is 1. The first-order valence-electron chi connectivity index (χ1n) is 10.4. The standard InChI is InChI=1S/C26H33NO2.ClH/c1-19-9-12-22(13-10-19)20(2)29-18-25(28)17-27-26(3,4)16-21-11-14-23-7-5-6-8-24(23)15-21;/h5-15,20,25,27-28H,16-18H2,1-4H3;1H/t20?,25-;/m1./s1. The second-order valence-electron chi connectivity index (χ2n) is 8.66. The van der Waals surface area contributed by atoms with E-state index in [0.29, 0.717) is 13.2 Å². The summed E-state index contributed by atoms with van der Waals surface area (Å²) in [6.45, 7) is 9.25. The van der Waals surface area contributed by atoms with Gasteiger partial charge in [0.15, 0.2) is 0 Å². The number of ether oxygens (including phenoxy) is 1. The highest BCUT2D eigenvalue weighted by molar-refractivity contribution is 5.85. The van der Waals surface area contributed by atoms with E-state index in [-0.39, 0.29) is 24.0 Å². The van der Waals surface area contributed by atoms with Crippen molar-refractivity contribution in [2.24, 2.45) is 0 Å². The molecule has 0 heterocycles. The summed E-state index contributed by atoms with van der Waals surface area (Å²) < 4.78 is 5.87. The minimum absolute atomic E-state index is 0. The third kappa shape index (κ3) is 7.10. The van der Waals surface area contributed by atoms with E-state index in [2.05, 4.69) is 92.8 Å². The lowest BCUT2D eigenvalue weighted by molar-refractivity contribution is -0.00417. The van der Waals surface area contributed by atoms with Gasteiger partial charge in [-0.15, -0.1) is 12.4 Å². The molecule has 0 saturated heterocycles. The molecule has 162 valence electrons. The van der Waals surface area contributed by atoms with Gasteiger partial charge in [-0.25, -0.2) is 0 Å². The van der Waals surface area contributed by atoms with Crippen LogP contribution in [0.15, 0.2) is 66.7 Å². The van der Waals surface area contributed by atoms with Gasteiger partial charge in [0.25, 0.3) is 0 Å². The molecule has 0 radical (unpaired) electrons. The quantitative estimate of drug-likeness (QED) is 0.465. The maximum absolute atomic E-state index is 10.4. The van der Waals surface area contributed by atoms with Crippen molar-refractivity contribution < 1.29 is 9.84 Å². The fraction of sp³-hybridized carbons (Fsp3) is 0.385. The van der Waals surface area contributed by atoms with Gasteiger partial charge in [-0.2, -0.15) is 0 Å². The van der Waals surface area contributed by atoms with Crippen LogP contribution in [0.4, 0.5) is 0 Å². The van der Waals surface area contributed by atoms with Crippen LogP contribution in [0.2, 0.25) is 0 Å². The van der Waals surface area contributed by atoms with Crippen molar-refractivity contribution >= 4 is 23.2 Å². The Kier molecular flexibility index (Phi) is 8.87. The second kappa shape index (κ2) is 10.9. The Morgan fingerprint density at radius 1 is 0.967 bits per heavy atom. The molecule has 0 fully saturated rings. The lowest BCUT2D eigenvalue weighted by Crippen LogP contribution is -2.46. The third-order valence-corrected chi connectivity index (χ3v) is 5.36. The Labute approximate surface area is 186 Å². The van der Waals surface area contributed by atoms with Gasteiger partial charge in [0.2, 0.25) is 0 Å². The molecule has 0 aromatic heterocycles. The molecule has 3 aromatic rings. The van der Waals surface area contributed by atoms with Gasteiger partial charge in [0.05, 0.1) is 18.8 Å². The molecule has 0 aliphatic carbocycles. The number of hydrogen-bond acceptors (Lipinski definition) is 3. The smallest absolute Gasteiger partial charge is 0.0898 e. The van der Waals surface area contributed by atoms with Crippen molar-refractivity contribution in [2.45, 2.75) is 51.9 Å². The Hall–Kier alpha value is -1.91. The largest absolute Gasteiger partial charge is 0.389 e. The van der Waals surface area contributed by atoms with E-state index >= 15 is 0 Å². The molecule has 0 saturated carbocycles. The van der Waals surface area contributed by atoms with Crippen LogP contribution in [0.25, 0.3) is 10.8 Å². The molecule has 0 aliphatic heterocycles. The predicted molar refractivity (Wildman–Crippen MR) is 129 cm³/mol. The van der Waals surface area contributed by atoms with Crippen molar-refractivity contribution in [3.63, 3.8) is 0 Å². The van der Waals surface area contributed by atoms with Crippen LogP contribution in [-0.2, 0) is 11.2 Å². The highest BCUT2D eigenvalue weighted by Crippen LogP contribution is 2.20. The Morgan fingerprint density at radius 3 is 2.33 bits per heavy atom. The van der Waals surface area contributed by atoms with E-state index in [1.165, 1.54) is 21.9 Å². The summed E-state index contributed by atoms with van der Waals surface area (Å²) in [7, 11) is 0. The molecule has 0 spiro atoms. The van der Waals surface area contributed by atoms with E-state index in [1.807, 2.05) is 6.92 Å². The zero-order chi connectivity index (χ0) is 20.9. The predicted octanol–water partition coefficient (Wildman–Crippen LogP) is 5.62. The molecule has 1 unspecified atom stereocenters. The number of aliphatic hydroxyl groups excluding tert-OH is 1. The Balaban J connectivity index is 0.00000320.